The van der Waals surface area contributed by atoms with E-state index in [-0.39, 0.29) is 5.56 Å². The van der Waals surface area contributed by atoms with Crippen molar-refractivity contribution in [3.05, 3.63) is 71.0 Å². The zero-order valence-electron chi connectivity index (χ0n) is 14.3. The first-order valence-corrected chi connectivity index (χ1v) is 8.91. The van der Waals surface area contributed by atoms with Crippen LogP contribution in [0.15, 0.2) is 59.8 Å². The molecule has 1 N–H and O–H groups in total. The molecule has 0 unspecified atom stereocenters. The van der Waals surface area contributed by atoms with E-state index in [1.54, 1.807) is 16.8 Å². The average molecular weight is 345 g/mol. The van der Waals surface area contributed by atoms with Gasteiger partial charge in [0.2, 0.25) is 0 Å². The van der Waals surface area contributed by atoms with Gasteiger partial charge in [-0.05, 0) is 61.1 Å². The van der Waals surface area contributed by atoms with Crippen molar-refractivity contribution >= 4 is 5.82 Å². The molecule has 6 nitrogen and oxygen atoms in total. The summed E-state index contributed by atoms with van der Waals surface area (Å²) < 4.78 is 1.65. The van der Waals surface area contributed by atoms with Gasteiger partial charge in [-0.1, -0.05) is 0 Å². The first kappa shape index (κ1) is 15.3. The number of rotatable bonds is 5. The summed E-state index contributed by atoms with van der Waals surface area (Å²) in [7, 11) is 0. The highest BCUT2D eigenvalue weighted by atomic mass is 16.1. The van der Waals surface area contributed by atoms with Gasteiger partial charge < -0.3 is 9.88 Å². The van der Waals surface area contributed by atoms with E-state index in [4.69, 9.17) is 0 Å². The van der Waals surface area contributed by atoms with Crippen LogP contribution in [0.1, 0.15) is 25.0 Å². The molecule has 3 fully saturated rings. The second kappa shape index (κ2) is 5.76. The van der Waals surface area contributed by atoms with Crippen molar-refractivity contribution in [2.75, 3.05) is 5.32 Å². The molecule has 0 saturated heterocycles. The normalized spacial score (nSPS) is 23.0. The number of aromatic nitrogens is 4. The molecule has 0 spiro atoms. The summed E-state index contributed by atoms with van der Waals surface area (Å²) in [5.74, 6) is 1.87. The molecule has 2 bridgehead atoms. The summed E-state index contributed by atoms with van der Waals surface area (Å²) in [6.07, 6.45) is 9.18. The topological polar surface area (TPSA) is 72.7 Å². The molecule has 3 aromatic rings. The van der Waals surface area contributed by atoms with Crippen molar-refractivity contribution in [3.8, 4) is 11.1 Å². The summed E-state index contributed by atoms with van der Waals surface area (Å²) in [4.78, 5) is 16.7. The first-order chi connectivity index (χ1) is 12.7. The standard InChI is InChI=1S/C20H19N5O/c26-19-6-4-16(12-25(19)13-17-2-1-7-22-24-17)15-3-5-18(21-11-15)23-20-8-14(9-20)10-20/h1-7,11-12,14H,8-10,13H2,(H,21,23). The number of hydrogen-bond donors (Lipinski definition) is 1. The molecule has 26 heavy (non-hydrogen) atoms. The Hall–Kier alpha value is -3.02. The third-order valence-corrected chi connectivity index (χ3v) is 5.47. The van der Waals surface area contributed by atoms with Crippen molar-refractivity contribution in [1.29, 1.82) is 0 Å². The van der Waals surface area contributed by atoms with Crippen LogP contribution in [0.5, 0.6) is 0 Å². The molecule has 3 aliphatic carbocycles. The van der Waals surface area contributed by atoms with Crippen LogP contribution in [-0.4, -0.2) is 25.3 Å². The number of nitrogens with zero attached hydrogens (tertiary/aromatic N) is 4. The molecule has 3 heterocycles. The summed E-state index contributed by atoms with van der Waals surface area (Å²) in [5.41, 5.74) is 2.96. The minimum absolute atomic E-state index is 0.0609. The van der Waals surface area contributed by atoms with E-state index in [0.717, 1.165) is 28.6 Å². The smallest absolute Gasteiger partial charge is 0.250 e. The van der Waals surface area contributed by atoms with E-state index < -0.39 is 0 Å². The van der Waals surface area contributed by atoms with Gasteiger partial charge in [-0.2, -0.15) is 10.2 Å². The lowest BCUT2D eigenvalue weighted by atomic mass is 9.50. The maximum absolute atomic E-state index is 12.2. The van der Waals surface area contributed by atoms with E-state index in [1.165, 1.54) is 19.3 Å². The van der Waals surface area contributed by atoms with Crippen molar-refractivity contribution in [1.82, 2.24) is 19.7 Å². The van der Waals surface area contributed by atoms with Gasteiger partial charge in [0, 0.05) is 35.8 Å². The van der Waals surface area contributed by atoms with Crippen LogP contribution in [0.25, 0.3) is 11.1 Å². The Balaban J connectivity index is 1.37. The monoisotopic (exact) mass is 345 g/mol. The zero-order chi connectivity index (χ0) is 17.6. The number of anilines is 1. The molecule has 6 rings (SSSR count). The van der Waals surface area contributed by atoms with Gasteiger partial charge in [0.15, 0.2) is 0 Å². The third-order valence-electron chi connectivity index (χ3n) is 5.47. The number of pyridine rings is 2. The fourth-order valence-corrected chi connectivity index (χ4v) is 3.96. The van der Waals surface area contributed by atoms with Gasteiger partial charge in [-0.25, -0.2) is 4.98 Å². The van der Waals surface area contributed by atoms with Gasteiger partial charge in [0.25, 0.3) is 5.56 Å². The highest BCUT2D eigenvalue weighted by Gasteiger charge is 2.56. The van der Waals surface area contributed by atoms with E-state index >= 15 is 0 Å². The third kappa shape index (κ3) is 2.67. The maximum atomic E-state index is 12.2. The van der Waals surface area contributed by atoms with Crippen LogP contribution in [-0.2, 0) is 6.54 Å². The van der Waals surface area contributed by atoms with Crippen molar-refractivity contribution in [2.45, 2.75) is 31.3 Å². The summed E-state index contributed by atoms with van der Waals surface area (Å²) >= 11 is 0. The molecule has 3 aromatic heterocycles. The second-order valence-corrected chi connectivity index (χ2v) is 7.41. The van der Waals surface area contributed by atoms with Crippen LogP contribution >= 0.6 is 0 Å². The van der Waals surface area contributed by atoms with Gasteiger partial charge >= 0.3 is 0 Å². The maximum Gasteiger partial charge on any atom is 0.250 e. The second-order valence-electron chi connectivity index (χ2n) is 7.41. The average Bonchev–Trinajstić information content (AvgIpc) is 2.61. The molecular formula is C20H19N5O. The van der Waals surface area contributed by atoms with Crippen molar-refractivity contribution in [2.24, 2.45) is 5.92 Å². The van der Waals surface area contributed by atoms with Crippen LogP contribution in [0, 0.1) is 5.92 Å². The predicted octanol–water partition coefficient (Wildman–Crippen LogP) is 2.71. The van der Waals surface area contributed by atoms with Crippen LogP contribution < -0.4 is 10.9 Å². The van der Waals surface area contributed by atoms with E-state index in [1.807, 2.05) is 42.7 Å². The Morgan fingerprint density at radius 3 is 2.62 bits per heavy atom. The molecule has 0 radical (unpaired) electrons. The molecule has 6 heteroatoms. The fourth-order valence-electron chi connectivity index (χ4n) is 3.96. The summed E-state index contributed by atoms with van der Waals surface area (Å²) in [5, 5.41) is 11.5. The zero-order valence-corrected chi connectivity index (χ0v) is 14.3. The molecule has 3 saturated carbocycles. The highest BCUT2D eigenvalue weighted by molar-refractivity contribution is 5.63. The Kier molecular flexibility index (Phi) is 3.38. The quantitative estimate of drug-likeness (QED) is 0.770. The van der Waals surface area contributed by atoms with E-state index in [2.05, 4.69) is 20.5 Å². The van der Waals surface area contributed by atoms with Gasteiger partial charge in [-0.3, -0.25) is 4.79 Å². The van der Waals surface area contributed by atoms with Crippen molar-refractivity contribution < 1.29 is 0 Å². The van der Waals surface area contributed by atoms with Crippen LogP contribution in [0.4, 0.5) is 5.82 Å². The minimum Gasteiger partial charge on any atom is -0.365 e. The Morgan fingerprint density at radius 2 is 1.96 bits per heavy atom. The van der Waals surface area contributed by atoms with Gasteiger partial charge in [0.1, 0.15) is 5.82 Å². The minimum atomic E-state index is -0.0609. The summed E-state index contributed by atoms with van der Waals surface area (Å²) in [6, 6.07) is 11.2. The van der Waals surface area contributed by atoms with Crippen LogP contribution in [0.3, 0.4) is 0 Å². The largest absolute Gasteiger partial charge is 0.365 e. The van der Waals surface area contributed by atoms with Crippen LogP contribution in [0.2, 0.25) is 0 Å². The molecule has 0 aliphatic heterocycles. The van der Waals surface area contributed by atoms with Crippen molar-refractivity contribution in [3.63, 3.8) is 0 Å². The van der Waals surface area contributed by atoms with Gasteiger partial charge in [-0.15, -0.1) is 0 Å². The lowest BCUT2D eigenvalue weighted by Crippen LogP contribution is -2.63. The highest BCUT2D eigenvalue weighted by Crippen LogP contribution is 2.58. The Labute approximate surface area is 150 Å². The van der Waals surface area contributed by atoms with E-state index in [0.29, 0.717) is 12.1 Å². The molecule has 0 atom stereocenters. The number of nitrogens with one attached hydrogen (secondary N) is 1. The lowest BCUT2D eigenvalue weighted by molar-refractivity contribution is 0.00181. The molecular weight excluding hydrogens is 326 g/mol. The Bertz CT molecular complexity index is 980. The SMILES string of the molecule is O=c1ccc(-c2ccc(NC34CC(C3)C4)nc2)cn1Cc1cccnn1. The fraction of sp³-hybridized carbons (Fsp3) is 0.300. The number of hydrogen-bond acceptors (Lipinski definition) is 5. The molecule has 130 valence electrons. The van der Waals surface area contributed by atoms with E-state index in [9.17, 15) is 4.79 Å². The molecule has 0 aromatic carbocycles. The predicted molar refractivity (Wildman–Crippen MR) is 98.8 cm³/mol. The lowest BCUT2D eigenvalue weighted by Gasteiger charge is -2.62. The molecule has 3 aliphatic rings. The van der Waals surface area contributed by atoms with Gasteiger partial charge in [0.05, 0.1) is 12.2 Å². The first-order valence-electron chi connectivity index (χ1n) is 8.91. The molecule has 0 amide bonds. The Morgan fingerprint density at radius 1 is 1.12 bits per heavy atom. The summed E-state index contributed by atoms with van der Waals surface area (Å²) in [6.45, 7) is 0.400.